The molecular weight excluding hydrogens is 378 g/mol. The first-order valence-corrected chi connectivity index (χ1v) is 11.6. The number of aromatic carboxylic acids is 1. The number of unbranched alkanes of at least 4 members (excludes halogenated alkanes) is 11. The number of allylic oxidation sites excluding steroid dienone is 2. The number of aromatic hydroxyl groups is 1. The minimum atomic E-state index is -1.22. The van der Waals surface area contributed by atoms with Gasteiger partial charge in [-0.1, -0.05) is 70.4 Å². The van der Waals surface area contributed by atoms with Crippen LogP contribution in [0.4, 0.5) is 5.69 Å². The number of amides is 1. The molecule has 3 N–H and O–H groups in total. The zero-order valence-electron chi connectivity index (χ0n) is 18.5. The van der Waals surface area contributed by atoms with Gasteiger partial charge in [-0.25, -0.2) is 4.79 Å². The van der Waals surface area contributed by atoms with Crippen LogP contribution in [0, 0.1) is 0 Å². The smallest absolute Gasteiger partial charge is 0.339 e. The zero-order valence-corrected chi connectivity index (χ0v) is 18.5. The minimum Gasteiger partial charge on any atom is -0.507 e. The van der Waals surface area contributed by atoms with Gasteiger partial charge in [-0.15, -0.1) is 0 Å². The summed E-state index contributed by atoms with van der Waals surface area (Å²) in [6.45, 7) is 2.25. The third-order valence-electron chi connectivity index (χ3n) is 5.18. The normalized spacial score (nSPS) is 11.1. The van der Waals surface area contributed by atoms with Crippen LogP contribution in [0.15, 0.2) is 30.4 Å². The van der Waals surface area contributed by atoms with E-state index in [1.807, 2.05) is 0 Å². The number of benzene rings is 1. The fourth-order valence-corrected chi connectivity index (χ4v) is 3.36. The Hall–Kier alpha value is -2.30. The van der Waals surface area contributed by atoms with Gasteiger partial charge in [0.15, 0.2) is 0 Å². The van der Waals surface area contributed by atoms with Gasteiger partial charge < -0.3 is 15.5 Å². The molecule has 1 aromatic rings. The Balaban J connectivity index is 2.00. The number of rotatable bonds is 17. The van der Waals surface area contributed by atoms with Crippen LogP contribution in [0.3, 0.4) is 0 Å². The largest absolute Gasteiger partial charge is 0.507 e. The molecular formula is C25H39NO4. The summed E-state index contributed by atoms with van der Waals surface area (Å²) in [7, 11) is 0. The summed E-state index contributed by atoms with van der Waals surface area (Å²) in [6.07, 6.45) is 20.8. The van der Waals surface area contributed by atoms with Gasteiger partial charge in [0.25, 0.3) is 0 Å². The molecule has 1 aromatic carbocycles. The molecule has 0 heterocycles. The van der Waals surface area contributed by atoms with Crippen molar-refractivity contribution in [3.63, 3.8) is 0 Å². The summed E-state index contributed by atoms with van der Waals surface area (Å²) < 4.78 is 0. The molecule has 1 amide bonds. The standard InChI is InChI=1S/C25H39NO4/c1-2-3-4-5-6-7-8-9-10-11-12-13-14-15-16-17-24(28)26-21-18-19-23(27)22(20-21)25(29)30/h9-10,18-20,27H,2-8,11-17H2,1H3,(H,26,28)(H,29,30)/b10-9+. The molecule has 0 bridgehead atoms. The van der Waals surface area contributed by atoms with Crippen LogP contribution in [0.1, 0.15) is 107 Å². The third kappa shape index (κ3) is 12.3. The van der Waals surface area contributed by atoms with Crippen molar-refractivity contribution in [1.82, 2.24) is 0 Å². The molecule has 0 saturated carbocycles. The average molecular weight is 418 g/mol. The number of carboxylic acids is 1. The molecule has 168 valence electrons. The number of carboxylic acid groups (broad SMARTS) is 1. The lowest BCUT2D eigenvalue weighted by Crippen LogP contribution is -2.11. The Morgan fingerprint density at radius 3 is 2.03 bits per heavy atom. The van der Waals surface area contributed by atoms with Gasteiger partial charge in [-0.3, -0.25) is 4.79 Å². The SMILES string of the molecule is CCCCCCCC/C=C/CCCCCCCC(=O)Nc1ccc(O)c(C(=O)O)c1. The minimum absolute atomic E-state index is 0.130. The average Bonchev–Trinajstić information content (AvgIpc) is 2.72. The molecule has 5 nitrogen and oxygen atoms in total. The van der Waals surface area contributed by atoms with E-state index in [1.165, 1.54) is 76.0 Å². The van der Waals surface area contributed by atoms with Crippen molar-refractivity contribution in [2.75, 3.05) is 5.32 Å². The molecule has 0 radical (unpaired) electrons. The highest BCUT2D eigenvalue weighted by atomic mass is 16.4. The second-order valence-electron chi connectivity index (χ2n) is 7.92. The summed E-state index contributed by atoms with van der Waals surface area (Å²) in [4.78, 5) is 23.0. The first-order valence-electron chi connectivity index (χ1n) is 11.6. The summed E-state index contributed by atoms with van der Waals surface area (Å²) in [6, 6.07) is 4.05. The van der Waals surface area contributed by atoms with Gasteiger partial charge in [0.2, 0.25) is 5.91 Å². The summed E-state index contributed by atoms with van der Waals surface area (Å²) in [5.74, 6) is -1.66. The Morgan fingerprint density at radius 1 is 0.867 bits per heavy atom. The summed E-state index contributed by atoms with van der Waals surface area (Å²) >= 11 is 0. The van der Waals surface area contributed by atoms with Crippen LogP contribution in [0.2, 0.25) is 0 Å². The van der Waals surface area contributed by atoms with E-state index in [9.17, 15) is 14.7 Å². The molecule has 0 aliphatic carbocycles. The number of phenols is 1. The van der Waals surface area contributed by atoms with Crippen molar-refractivity contribution in [1.29, 1.82) is 0 Å². The zero-order chi connectivity index (χ0) is 22.0. The monoisotopic (exact) mass is 417 g/mol. The Kier molecular flexibility index (Phi) is 14.1. The van der Waals surface area contributed by atoms with E-state index in [-0.39, 0.29) is 17.2 Å². The van der Waals surface area contributed by atoms with Crippen LogP contribution in [-0.2, 0) is 4.79 Å². The van der Waals surface area contributed by atoms with Gasteiger partial charge in [0.1, 0.15) is 11.3 Å². The van der Waals surface area contributed by atoms with Gasteiger partial charge >= 0.3 is 5.97 Å². The lowest BCUT2D eigenvalue weighted by atomic mass is 10.1. The number of carbonyl (C=O) groups is 2. The van der Waals surface area contributed by atoms with E-state index < -0.39 is 5.97 Å². The lowest BCUT2D eigenvalue weighted by molar-refractivity contribution is -0.116. The van der Waals surface area contributed by atoms with Crippen molar-refractivity contribution in [2.45, 2.75) is 96.8 Å². The van der Waals surface area contributed by atoms with Crippen molar-refractivity contribution in [3.8, 4) is 5.75 Å². The topological polar surface area (TPSA) is 86.6 Å². The maximum Gasteiger partial charge on any atom is 0.339 e. The number of nitrogens with one attached hydrogen (secondary N) is 1. The van der Waals surface area contributed by atoms with E-state index in [0.29, 0.717) is 12.1 Å². The van der Waals surface area contributed by atoms with Crippen LogP contribution >= 0.6 is 0 Å². The molecule has 0 unspecified atom stereocenters. The number of carbonyl (C=O) groups excluding carboxylic acids is 1. The van der Waals surface area contributed by atoms with E-state index in [2.05, 4.69) is 24.4 Å². The molecule has 0 spiro atoms. The molecule has 0 aliphatic heterocycles. The molecule has 0 saturated heterocycles. The highest BCUT2D eigenvalue weighted by molar-refractivity contribution is 5.95. The van der Waals surface area contributed by atoms with E-state index >= 15 is 0 Å². The first-order chi connectivity index (χ1) is 14.5. The van der Waals surface area contributed by atoms with E-state index in [1.54, 1.807) is 0 Å². The molecule has 0 atom stereocenters. The fraction of sp³-hybridized carbons (Fsp3) is 0.600. The Morgan fingerprint density at radius 2 is 1.43 bits per heavy atom. The van der Waals surface area contributed by atoms with Crippen molar-refractivity contribution >= 4 is 17.6 Å². The molecule has 5 heteroatoms. The van der Waals surface area contributed by atoms with E-state index in [4.69, 9.17) is 5.11 Å². The lowest BCUT2D eigenvalue weighted by Gasteiger charge is -2.07. The van der Waals surface area contributed by atoms with Crippen molar-refractivity contribution in [2.24, 2.45) is 0 Å². The van der Waals surface area contributed by atoms with Crippen LogP contribution in [-0.4, -0.2) is 22.1 Å². The molecule has 30 heavy (non-hydrogen) atoms. The van der Waals surface area contributed by atoms with Gasteiger partial charge in [0.05, 0.1) is 0 Å². The second-order valence-corrected chi connectivity index (χ2v) is 7.92. The van der Waals surface area contributed by atoms with Gasteiger partial charge in [-0.2, -0.15) is 0 Å². The molecule has 0 aliphatic rings. The van der Waals surface area contributed by atoms with Crippen molar-refractivity contribution < 1.29 is 19.8 Å². The highest BCUT2D eigenvalue weighted by Gasteiger charge is 2.11. The van der Waals surface area contributed by atoms with Gasteiger partial charge in [-0.05, 0) is 50.3 Å². The molecule has 0 aromatic heterocycles. The molecule has 1 rings (SSSR count). The number of hydrogen-bond acceptors (Lipinski definition) is 3. The third-order valence-corrected chi connectivity index (χ3v) is 5.18. The maximum absolute atomic E-state index is 12.0. The predicted molar refractivity (Wildman–Crippen MR) is 123 cm³/mol. The number of anilines is 1. The Labute approximate surface area is 181 Å². The Bertz CT molecular complexity index is 655. The van der Waals surface area contributed by atoms with Crippen LogP contribution in [0.25, 0.3) is 0 Å². The van der Waals surface area contributed by atoms with Crippen molar-refractivity contribution in [3.05, 3.63) is 35.9 Å². The van der Waals surface area contributed by atoms with Crippen LogP contribution in [0.5, 0.6) is 5.75 Å². The second kappa shape index (κ2) is 16.5. The maximum atomic E-state index is 12.0. The van der Waals surface area contributed by atoms with E-state index in [0.717, 1.165) is 25.7 Å². The fourth-order valence-electron chi connectivity index (χ4n) is 3.36. The highest BCUT2D eigenvalue weighted by Crippen LogP contribution is 2.21. The van der Waals surface area contributed by atoms with Crippen LogP contribution < -0.4 is 5.32 Å². The quantitative estimate of drug-likeness (QED) is 0.144. The number of hydrogen-bond donors (Lipinski definition) is 3. The summed E-state index contributed by atoms with van der Waals surface area (Å²) in [5.41, 5.74) is 0.178. The first kappa shape index (κ1) is 25.7. The predicted octanol–water partition coefficient (Wildman–Crippen LogP) is 7.07. The molecule has 0 fully saturated rings. The summed E-state index contributed by atoms with van der Waals surface area (Å²) in [5, 5.41) is 21.2. The van der Waals surface area contributed by atoms with Gasteiger partial charge in [0, 0.05) is 12.1 Å².